The first-order chi connectivity index (χ1) is 9.71. The third-order valence-electron chi connectivity index (χ3n) is 3.45. The number of ether oxygens (including phenoxy) is 1. The Morgan fingerprint density at radius 3 is 2.35 bits per heavy atom. The van der Waals surface area contributed by atoms with Crippen LogP contribution in [0.5, 0.6) is 0 Å². The summed E-state index contributed by atoms with van der Waals surface area (Å²) in [5.41, 5.74) is 2.33. The normalized spacial score (nSPS) is 11.9. The number of carbonyl (C=O) groups is 1. The van der Waals surface area contributed by atoms with E-state index >= 15 is 0 Å². The summed E-state index contributed by atoms with van der Waals surface area (Å²) in [6.45, 7) is 4.32. The predicted octanol–water partition coefficient (Wildman–Crippen LogP) is 4.17. The summed E-state index contributed by atoms with van der Waals surface area (Å²) in [5, 5.41) is 3.27. The van der Waals surface area contributed by atoms with Crippen molar-refractivity contribution in [1.82, 2.24) is 0 Å². The standard InChI is InChI=1S/C17H27NO2/c1-4-6-8-14-10-12-15(13-11-14)18-16(9-7-5-2)17(19)20-3/h10-13,16,18H,4-9H2,1-3H3. The summed E-state index contributed by atoms with van der Waals surface area (Å²) in [4.78, 5) is 11.7. The molecule has 0 heterocycles. The van der Waals surface area contributed by atoms with Crippen molar-refractivity contribution in [3.05, 3.63) is 29.8 Å². The molecule has 3 heteroatoms. The molecule has 1 atom stereocenters. The van der Waals surface area contributed by atoms with Crippen LogP contribution in [0, 0.1) is 0 Å². The van der Waals surface area contributed by atoms with Crippen LogP contribution in [-0.4, -0.2) is 19.1 Å². The summed E-state index contributed by atoms with van der Waals surface area (Å²) in [5.74, 6) is -0.187. The number of aryl methyl sites for hydroxylation is 1. The summed E-state index contributed by atoms with van der Waals surface area (Å²) < 4.78 is 4.86. The number of benzene rings is 1. The highest BCUT2D eigenvalue weighted by atomic mass is 16.5. The molecule has 112 valence electrons. The van der Waals surface area contributed by atoms with Crippen LogP contribution in [0.1, 0.15) is 51.5 Å². The predicted molar refractivity (Wildman–Crippen MR) is 84.0 cm³/mol. The van der Waals surface area contributed by atoms with Crippen molar-refractivity contribution < 1.29 is 9.53 Å². The minimum absolute atomic E-state index is 0.187. The Morgan fingerprint density at radius 1 is 1.15 bits per heavy atom. The maximum absolute atomic E-state index is 11.7. The van der Waals surface area contributed by atoms with Crippen molar-refractivity contribution in [3.8, 4) is 0 Å². The molecule has 0 radical (unpaired) electrons. The van der Waals surface area contributed by atoms with Crippen molar-refractivity contribution in [2.45, 2.75) is 58.4 Å². The molecule has 1 aromatic carbocycles. The molecule has 1 aromatic rings. The third kappa shape index (κ3) is 5.64. The van der Waals surface area contributed by atoms with Crippen molar-refractivity contribution in [3.63, 3.8) is 0 Å². The molecule has 0 aliphatic rings. The number of esters is 1. The monoisotopic (exact) mass is 277 g/mol. The van der Waals surface area contributed by atoms with E-state index in [1.54, 1.807) is 0 Å². The van der Waals surface area contributed by atoms with Gasteiger partial charge in [0, 0.05) is 5.69 Å². The van der Waals surface area contributed by atoms with E-state index in [1.165, 1.54) is 25.5 Å². The van der Waals surface area contributed by atoms with Gasteiger partial charge in [0.25, 0.3) is 0 Å². The van der Waals surface area contributed by atoms with E-state index in [0.29, 0.717) is 0 Å². The van der Waals surface area contributed by atoms with Crippen molar-refractivity contribution in [2.75, 3.05) is 12.4 Å². The lowest BCUT2D eigenvalue weighted by Crippen LogP contribution is -2.30. The minimum Gasteiger partial charge on any atom is -0.467 e. The fourth-order valence-corrected chi connectivity index (χ4v) is 2.15. The Morgan fingerprint density at radius 2 is 1.80 bits per heavy atom. The lowest BCUT2D eigenvalue weighted by molar-refractivity contribution is -0.141. The van der Waals surface area contributed by atoms with Gasteiger partial charge in [0.2, 0.25) is 0 Å². The zero-order valence-corrected chi connectivity index (χ0v) is 12.9. The molecule has 1 unspecified atom stereocenters. The van der Waals surface area contributed by atoms with Crippen LogP contribution in [0.25, 0.3) is 0 Å². The summed E-state index contributed by atoms with van der Waals surface area (Å²) >= 11 is 0. The molecule has 1 rings (SSSR count). The highest BCUT2D eigenvalue weighted by Gasteiger charge is 2.17. The average Bonchev–Trinajstić information content (AvgIpc) is 2.49. The van der Waals surface area contributed by atoms with Gasteiger partial charge in [-0.2, -0.15) is 0 Å². The molecule has 0 aliphatic carbocycles. The molecule has 0 spiro atoms. The Labute approximate surface area is 122 Å². The fourth-order valence-electron chi connectivity index (χ4n) is 2.15. The van der Waals surface area contributed by atoms with Crippen LogP contribution in [0.3, 0.4) is 0 Å². The number of carbonyl (C=O) groups excluding carboxylic acids is 1. The molecule has 0 aliphatic heterocycles. The van der Waals surface area contributed by atoms with E-state index in [2.05, 4.69) is 31.3 Å². The molecule has 1 N–H and O–H groups in total. The molecule has 0 bridgehead atoms. The van der Waals surface area contributed by atoms with Gasteiger partial charge >= 0.3 is 5.97 Å². The largest absolute Gasteiger partial charge is 0.467 e. The minimum atomic E-state index is -0.249. The van der Waals surface area contributed by atoms with Gasteiger partial charge in [-0.3, -0.25) is 0 Å². The zero-order valence-electron chi connectivity index (χ0n) is 12.9. The van der Waals surface area contributed by atoms with Crippen LogP contribution < -0.4 is 5.32 Å². The molecule has 0 fully saturated rings. The molecule has 0 saturated carbocycles. The Hall–Kier alpha value is -1.51. The Kier molecular flexibility index (Phi) is 7.78. The second-order valence-corrected chi connectivity index (χ2v) is 5.16. The quantitative estimate of drug-likeness (QED) is 0.688. The SMILES string of the molecule is CCCCc1ccc(NC(CCCC)C(=O)OC)cc1. The Balaban J connectivity index is 2.60. The van der Waals surface area contributed by atoms with E-state index < -0.39 is 0 Å². The number of unbranched alkanes of at least 4 members (excludes halogenated alkanes) is 2. The van der Waals surface area contributed by atoms with Crippen LogP contribution >= 0.6 is 0 Å². The molecular formula is C17H27NO2. The van der Waals surface area contributed by atoms with Gasteiger partial charge in [-0.15, -0.1) is 0 Å². The lowest BCUT2D eigenvalue weighted by atomic mass is 10.1. The van der Waals surface area contributed by atoms with Crippen molar-refractivity contribution in [2.24, 2.45) is 0 Å². The zero-order chi connectivity index (χ0) is 14.8. The molecule has 3 nitrogen and oxygen atoms in total. The second-order valence-electron chi connectivity index (χ2n) is 5.16. The summed E-state index contributed by atoms with van der Waals surface area (Å²) in [6.07, 6.45) is 6.44. The van der Waals surface area contributed by atoms with Crippen LogP contribution in [0.4, 0.5) is 5.69 Å². The maximum Gasteiger partial charge on any atom is 0.328 e. The molecule has 0 saturated heterocycles. The van der Waals surface area contributed by atoms with E-state index in [9.17, 15) is 4.79 Å². The molecule has 0 amide bonds. The molecular weight excluding hydrogens is 250 g/mol. The van der Waals surface area contributed by atoms with E-state index in [4.69, 9.17) is 4.74 Å². The van der Waals surface area contributed by atoms with Crippen molar-refractivity contribution in [1.29, 1.82) is 0 Å². The highest BCUT2D eigenvalue weighted by molar-refractivity contribution is 5.79. The van der Waals surface area contributed by atoms with Gasteiger partial charge in [-0.05, 0) is 37.0 Å². The summed E-state index contributed by atoms with van der Waals surface area (Å²) in [6, 6.07) is 8.11. The highest BCUT2D eigenvalue weighted by Crippen LogP contribution is 2.15. The van der Waals surface area contributed by atoms with Gasteiger partial charge < -0.3 is 10.1 Å². The first-order valence-electron chi connectivity index (χ1n) is 7.64. The topological polar surface area (TPSA) is 38.3 Å². The van der Waals surface area contributed by atoms with E-state index in [0.717, 1.165) is 31.4 Å². The summed E-state index contributed by atoms with van der Waals surface area (Å²) in [7, 11) is 1.44. The first kappa shape index (κ1) is 16.5. The number of methoxy groups -OCH3 is 1. The molecule has 20 heavy (non-hydrogen) atoms. The van der Waals surface area contributed by atoms with Gasteiger partial charge in [0.1, 0.15) is 6.04 Å². The number of hydrogen-bond acceptors (Lipinski definition) is 3. The van der Waals surface area contributed by atoms with Crippen LogP contribution in [-0.2, 0) is 16.0 Å². The van der Waals surface area contributed by atoms with Crippen LogP contribution in [0.2, 0.25) is 0 Å². The van der Waals surface area contributed by atoms with Gasteiger partial charge in [-0.1, -0.05) is 45.2 Å². The lowest BCUT2D eigenvalue weighted by Gasteiger charge is -2.17. The fraction of sp³-hybridized carbons (Fsp3) is 0.588. The van der Waals surface area contributed by atoms with E-state index in [-0.39, 0.29) is 12.0 Å². The van der Waals surface area contributed by atoms with Crippen LogP contribution in [0.15, 0.2) is 24.3 Å². The second kappa shape index (κ2) is 9.40. The number of nitrogens with one attached hydrogen (secondary N) is 1. The van der Waals surface area contributed by atoms with Gasteiger partial charge in [0.05, 0.1) is 7.11 Å². The van der Waals surface area contributed by atoms with Gasteiger partial charge in [0.15, 0.2) is 0 Å². The van der Waals surface area contributed by atoms with E-state index in [1.807, 2.05) is 12.1 Å². The average molecular weight is 277 g/mol. The van der Waals surface area contributed by atoms with Gasteiger partial charge in [-0.25, -0.2) is 4.79 Å². The van der Waals surface area contributed by atoms with Crippen molar-refractivity contribution >= 4 is 11.7 Å². The Bertz CT molecular complexity index is 386. The number of hydrogen-bond donors (Lipinski definition) is 1. The smallest absolute Gasteiger partial charge is 0.328 e. The molecule has 0 aromatic heterocycles. The third-order valence-corrected chi connectivity index (χ3v) is 3.45. The number of anilines is 1. The first-order valence-corrected chi connectivity index (χ1v) is 7.64. The maximum atomic E-state index is 11.7. The number of rotatable bonds is 9.